The van der Waals surface area contributed by atoms with Crippen LogP contribution < -0.4 is 15.4 Å². The Bertz CT molecular complexity index is 1610. The van der Waals surface area contributed by atoms with Gasteiger partial charge in [0.2, 0.25) is 5.82 Å². The van der Waals surface area contributed by atoms with E-state index in [2.05, 4.69) is 44.6 Å². The SMILES string of the molecule is CCOC(=O)c1nc(NC(=O)N[C@H]2CC[C@@H](Oc3ccc4nnc(C(C)C)n4c3)c3ccccc32)cc(C(C)(C)C)n1. The second-order valence-corrected chi connectivity index (χ2v) is 11.7. The van der Waals surface area contributed by atoms with Gasteiger partial charge in [-0.25, -0.2) is 19.6 Å². The van der Waals surface area contributed by atoms with Crippen molar-refractivity contribution in [2.45, 2.75) is 77.9 Å². The van der Waals surface area contributed by atoms with Gasteiger partial charge in [0.15, 0.2) is 5.65 Å². The molecule has 220 valence electrons. The first kappa shape index (κ1) is 29.0. The first-order valence-corrected chi connectivity index (χ1v) is 14.3. The molecule has 5 rings (SSSR count). The van der Waals surface area contributed by atoms with Crippen LogP contribution in [0, 0.1) is 0 Å². The van der Waals surface area contributed by atoms with Crippen molar-refractivity contribution in [3.8, 4) is 5.75 Å². The Labute approximate surface area is 245 Å². The lowest BCUT2D eigenvalue weighted by Crippen LogP contribution is -2.36. The molecule has 1 aliphatic rings. The molecule has 0 saturated carbocycles. The second kappa shape index (κ2) is 11.8. The van der Waals surface area contributed by atoms with E-state index in [0.717, 1.165) is 28.3 Å². The van der Waals surface area contributed by atoms with Crippen molar-refractivity contribution >= 4 is 23.5 Å². The van der Waals surface area contributed by atoms with Crippen LogP contribution in [0.2, 0.25) is 0 Å². The lowest BCUT2D eigenvalue weighted by Gasteiger charge is -2.32. The fraction of sp³-hybridized carbons (Fsp3) is 0.419. The van der Waals surface area contributed by atoms with E-state index < -0.39 is 12.0 Å². The van der Waals surface area contributed by atoms with E-state index in [-0.39, 0.29) is 41.7 Å². The van der Waals surface area contributed by atoms with Crippen LogP contribution in [0.25, 0.3) is 5.65 Å². The number of aromatic nitrogens is 5. The number of pyridine rings is 1. The van der Waals surface area contributed by atoms with Crippen LogP contribution in [0.4, 0.5) is 10.6 Å². The third-order valence-electron chi connectivity index (χ3n) is 7.13. The van der Waals surface area contributed by atoms with Crippen molar-refractivity contribution in [3.05, 3.63) is 77.1 Å². The van der Waals surface area contributed by atoms with Crippen LogP contribution in [-0.4, -0.2) is 43.2 Å². The monoisotopic (exact) mass is 571 g/mol. The summed E-state index contributed by atoms with van der Waals surface area (Å²) < 4.78 is 13.5. The lowest BCUT2D eigenvalue weighted by atomic mass is 9.85. The zero-order valence-electron chi connectivity index (χ0n) is 24.8. The van der Waals surface area contributed by atoms with Gasteiger partial charge in [-0.2, -0.15) is 0 Å². The number of benzene rings is 1. The molecule has 0 bridgehead atoms. The van der Waals surface area contributed by atoms with E-state index in [9.17, 15) is 9.59 Å². The molecule has 11 heteroatoms. The fourth-order valence-corrected chi connectivity index (χ4v) is 5.03. The molecule has 0 radical (unpaired) electrons. The maximum absolute atomic E-state index is 13.2. The number of carbonyl (C=O) groups excluding carboxylic acids is 2. The van der Waals surface area contributed by atoms with Crippen molar-refractivity contribution in [3.63, 3.8) is 0 Å². The molecule has 0 saturated heterocycles. The smallest absolute Gasteiger partial charge is 0.376 e. The van der Waals surface area contributed by atoms with Crippen LogP contribution in [0.5, 0.6) is 5.75 Å². The lowest BCUT2D eigenvalue weighted by molar-refractivity contribution is 0.0511. The van der Waals surface area contributed by atoms with Gasteiger partial charge < -0.3 is 14.8 Å². The normalized spacial score (nSPS) is 16.6. The van der Waals surface area contributed by atoms with Gasteiger partial charge >= 0.3 is 12.0 Å². The van der Waals surface area contributed by atoms with Crippen molar-refractivity contribution in [1.82, 2.24) is 29.9 Å². The van der Waals surface area contributed by atoms with E-state index in [4.69, 9.17) is 9.47 Å². The number of amides is 2. The summed E-state index contributed by atoms with van der Waals surface area (Å²) in [6, 6.07) is 12.8. The number of anilines is 1. The molecular weight excluding hydrogens is 534 g/mol. The molecule has 0 fully saturated rings. The number of hydrogen-bond acceptors (Lipinski definition) is 8. The molecule has 42 heavy (non-hydrogen) atoms. The number of rotatable bonds is 7. The summed E-state index contributed by atoms with van der Waals surface area (Å²) in [4.78, 5) is 34.2. The molecule has 4 aromatic rings. The highest BCUT2D eigenvalue weighted by Crippen LogP contribution is 2.39. The Kier molecular flexibility index (Phi) is 8.11. The summed E-state index contributed by atoms with van der Waals surface area (Å²) in [5, 5.41) is 14.4. The zero-order valence-corrected chi connectivity index (χ0v) is 24.8. The number of ether oxygens (including phenoxy) is 2. The molecule has 3 heterocycles. The van der Waals surface area contributed by atoms with Gasteiger partial charge in [-0.15, -0.1) is 10.2 Å². The van der Waals surface area contributed by atoms with Crippen LogP contribution in [0.15, 0.2) is 48.7 Å². The van der Waals surface area contributed by atoms with Gasteiger partial charge in [-0.1, -0.05) is 58.9 Å². The molecule has 2 atom stereocenters. The van der Waals surface area contributed by atoms with Gasteiger partial charge in [0.05, 0.1) is 24.5 Å². The molecule has 3 aromatic heterocycles. The number of esters is 1. The quantitative estimate of drug-likeness (QED) is 0.262. The number of nitrogens with one attached hydrogen (secondary N) is 2. The summed E-state index contributed by atoms with van der Waals surface area (Å²) >= 11 is 0. The number of fused-ring (bicyclic) bond motifs is 2. The van der Waals surface area contributed by atoms with Gasteiger partial charge in [0, 0.05) is 17.4 Å². The van der Waals surface area contributed by atoms with Gasteiger partial charge in [0.25, 0.3) is 0 Å². The average Bonchev–Trinajstić information content (AvgIpc) is 3.37. The summed E-state index contributed by atoms with van der Waals surface area (Å²) in [6.45, 7) is 12.0. The van der Waals surface area contributed by atoms with Crippen LogP contribution in [0.1, 0.15) is 106 Å². The largest absolute Gasteiger partial charge is 0.484 e. The zero-order chi connectivity index (χ0) is 30.0. The highest BCUT2D eigenvalue weighted by atomic mass is 16.5. The average molecular weight is 572 g/mol. The number of nitrogens with zero attached hydrogens (tertiary/aromatic N) is 5. The molecule has 2 amide bonds. The number of hydrogen-bond donors (Lipinski definition) is 2. The summed E-state index contributed by atoms with van der Waals surface area (Å²) in [5.41, 5.74) is 3.03. The Balaban J connectivity index is 1.33. The van der Waals surface area contributed by atoms with Gasteiger partial charge in [-0.3, -0.25) is 9.72 Å². The van der Waals surface area contributed by atoms with Crippen molar-refractivity contribution in [2.75, 3.05) is 11.9 Å². The predicted octanol–water partition coefficient (Wildman–Crippen LogP) is 5.89. The first-order chi connectivity index (χ1) is 20.0. The van der Waals surface area contributed by atoms with Crippen LogP contribution in [-0.2, 0) is 10.2 Å². The molecule has 1 aromatic carbocycles. The van der Waals surface area contributed by atoms with Crippen LogP contribution in [0.3, 0.4) is 0 Å². The Morgan fingerprint density at radius 2 is 1.81 bits per heavy atom. The number of urea groups is 1. The number of carbonyl (C=O) groups is 2. The van der Waals surface area contributed by atoms with E-state index in [1.807, 2.05) is 67.8 Å². The third kappa shape index (κ3) is 6.19. The molecule has 2 N–H and O–H groups in total. The molecular formula is C31H37N7O4. The van der Waals surface area contributed by atoms with E-state index in [1.54, 1.807) is 13.0 Å². The maximum Gasteiger partial charge on any atom is 0.376 e. The van der Waals surface area contributed by atoms with Crippen molar-refractivity contribution in [2.24, 2.45) is 0 Å². The summed E-state index contributed by atoms with van der Waals surface area (Å²) in [7, 11) is 0. The highest BCUT2D eigenvalue weighted by Gasteiger charge is 2.30. The van der Waals surface area contributed by atoms with Gasteiger partial charge in [0.1, 0.15) is 23.5 Å². The van der Waals surface area contributed by atoms with E-state index >= 15 is 0 Å². The maximum atomic E-state index is 13.2. The third-order valence-corrected chi connectivity index (χ3v) is 7.13. The van der Waals surface area contributed by atoms with Crippen molar-refractivity contribution in [1.29, 1.82) is 0 Å². The fourth-order valence-electron chi connectivity index (χ4n) is 5.03. The molecule has 0 aliphatic heterocycles. The second-order valence-electron chi connectivity index (χ2n) is 11.7. The topological polar surface area (TPSA) is 133 Å². The Hall–Kier alpha value is -4.54. The summed E-state index contributed by atoms with van der Waals surface area (Å²) in [5.74, 6) is 1.33. The van der Waals surface area contributed by atoms with Crippen LogP contribution >= 0.6 is 0 Å². The molecule has 0 unspecified atom stereocenters. The molecule has 1 aliphatic carbocycles. The minimum absolute atomic E-state index is 0.0900. The standard InChI is InChI=1S/C31H37N7O4/c1-7-41-29(39)27-33-24(31(4,5)6)16-25(34-27)35-30(40)32-22-13-14-23(21-11-9-8-10-20(21)22)42-19-12-15-26-36-37-28(18(2)3)38(26)17-19/h8-12,15-18,22-23H,7,13-14H2,1-6H3,(H2,32,33,34,35,40)/t22-,23+/m0/s1. The van der Waals surface area contributed by atoms with E-state index in [1.165, 1.54) is 0 Å². The predicted molar refractivity (Wildman–Crippen MR) is 158 cm³/mol. The minimum Gasteiger partial charge on any atom is -0.484 e. The Morgan fingerprint density at radius 1 is 1.05 bits per heavy atom. The molecule has 0 spiro atoms. The highest BCUT2D eigenvalue weighted by molar-refractivity contribution is 5.90. The summed E-state index contributed by atoms with van der Waals surface area (Å²) in [6.07, 6.45) is 3.13. The molecule has 11 nitrogen and oxygen atoms in total. The van der Waals surface area contributed by atoms with Gasteiger partial charge in [-0.05, 0) is 43.0 Å². The Morgan fingerprint density at radius 3 is 2.52 bits per heavy atom. The minimum atomic E-state index is -0.636. The van der Waals surface area contributed by atoms with E-state index in [0.29, 0.717) is 18.5 Å². The first-order valence-electron chi connectivity index (χ1n) is 14.3. The van der Waals surface area contributed by atoms with Crippen molar-refractivity contribution < 1.29 is 19.1 Å².